The van der Waals surface area contributed by atoms with Gasteiger partial charge in [-0.05, 0) is 25.3 Å². The number of H-pyrrole nitrogens is 1. The summed E-state index contributed by atoms with van der Waals surface area (Å²) in [6, 6.07) is 10.1. The Hall–Kier alpha value is -3.61. The number of carbonyl (C=O) groups excluding carboxylic acids is 2. The van der Waals surface area contributed by atoms with E-state index in [4.69, 9.17) is 9.47 Å². The second kappa shape index (κ2) is 8.63. The van der Waals surface area contributed by atoms with E-state index in [0.29, 0.717) is 29.1 Å². The monoisotopic (exact) mass is 419 g/mol. The molecule has 3 heterocycles. The fraction of sp³-hybridized carbons (Fsp3) is 0.292. The number of Topliss-reactive ketones (excluding diaryl/α,β-unsaturated/α-hetero) is 1. The molecule has 1 fully saturated rings. The number of hydrogen-bond donors (Lipinski definition) is 1. The molecule has 0 radical (unpaired) electrons. The Bertz CT molecular complexity index is 1150. The molecular formula is C24H25N3O4. The van der Waals surface area contributed by atoms with Gasteiger partial charge in [0.05, 0.1) is 31.4 Å². The molecule has 1 aromatic carbocycles. The van der Waals surface area contributed by atoms with E-state index in [9.17, 15) is 9.59 Å². The number of nitrogens with zero attached hydrogens (tertiary/aromatic N) is 2. The van der Waals surface area contributed by atoms with Crippen molar-refractivity contribution in [2.24, 2.45) is 0 Å². The number of amides is 1. The topological polar surface area (TPSA) is 84.5 Å². The van der Waals surface area contributed by atoms with Crippen LogP contribution in [0.15, 0.2) is 48.3 Å². The Morgan fingerprint density at radius 2 is 1.97 bits per heavy atom. The standard InChI is InChI=1S/C24H25N3O4/c1-15-11-17(12-16-7-5-4-6-8-16)9-10-27(15)24(29)22(28)18-13-25-21-20(18)19(30-2)14-26-23(21)31-3/h4-8,12-15,25H,9-11H2,1-3H3/b17-12-. The van der Waals surface area contributed by atoms with E-state index < -0.39 is 11.7 Å². The lowest BCUT2D eigenvalue weighted by molar-refractivity contribution is -0.128. The maximum atomic E-state index is 13.2. The molecule has 2 aromatic heterocycles. The van der Waals surface area contributed by atoms with Crippen LogP contribution in [0.4, 0.5) is 0 Å². The maximum absolute atomic E-state index is 13.2. The molecule has 1 amide bonds. The molecular weight excluding hydrogens is 394 g/mol. The summed E-state index contributed by atoms with van der Waals surface area (Å²) in [7, 11) is 3.00. The van der Waals surface area contributed by atoms with Crippen molar-refractivity contribution in [2.75, 3.05) is 20.8 Å². The van der Waals surface area contributed by atoms with Gasteiger partial charge in [0.15, 0.2) is 0 Å². The van der Waals surface area contributed by atoms with Crippen molar-refractivity contribution in [1.29, 1.82) is 0 Å². The quantitative estimate of drug-likeness (QED) is 0.501. The lowest BCUT2D eigenvalue weighted by Crippen LogP contribution is -2.45. The number of ketones is 1. The summed E-state index contributed by atoms with van der Waals surface area (Å²) in [5.74, 6) is -0.331. The molecule has 3 aromatic rings. The van der Waals surface area contributed by atoms with Crippen LogP contribution in [-0.4, -0.2) is 53.4 Å². The van der Waals surface area contributed by atoms with Crippen LogP contribution in [0.3, 0.4) is 0 Å². The first-order valence-electron chi connectivity index (χ1n) is 10.2. The molecule has 1 atom stereocenters. The highest BCUT2D eigenvalue weighted by molar-refractivity contribution is 6.45. The Kier molecular flexibility index (Phi) is 5.75. The number of fused-ring (bicyclic) bond motifs is 1. The molecule has 1 saturated heterocycles. The number of carbonyl (C=O) groups is 2. The van der Waals surface area contributed by atoms with Crippen LogP contribution in [-0.2, 0) is 4.79 Å². The molecule has 4 rings (SSSR count). The number of nitrogens with one attached hydrogen (secondary N) is 1. The second-order valence-corrected chi connectivity index (χ2v) is 7.63. The van der Waals surface area contributed by atoms with Crippen LogP contribution < -0.4 is 9.47 Å². The number of pyridine rings is 1. The van der Waals surface area contributed by atoms with Gasteiger partial charge in [-0.2, -0.15) is 0 Å². The van der Waals surface area contributed by atoms with E-state index in [1.165, 1.54) is 32.2 Å². The zero-order valence-corrected chi connectivity index (χ0v) is 17.8. The van der Waals surface area contributed by atoms with Crippen molar-refractivity contribution in [1.82, 2.24) is 14.9 Å². The minimum atomic E-state index is -0.569. The lowest BCUT2D eigenvalue weighted by Gasteiger charge is -2.34. The summed E-state index contributed by atoms with van der Waals surface area (Å²) in [6.45, 7) is 2.49. The SMILES string of the molecule is COc1ncc(OC)c2c(C(=O)C(=O)N3CC/C(=C/c4ccccc4)CC3C)c[nH]c12. The highest BCUT2D eigenvalue weighted by Crippen LogP contribution is 2.34. The van der Waals surface area contributed by atoms with Gasteiger partial charge in [0, 0.05) is 18.8 Å². The lowest BCUT2D eigenvalue weighted by atomic mass is 9.94. The Morgan fingerprint density at radius 3 is 2.65 bits per heavy atom. The molecule has 0 aliphatic carbocycles. The van der Waals surface area contributed by atoms with Crippen molar-refractivity contribution in [3.8, 4) is 11.6 Å². The van der Waals surface area contributed by atoms with Crippen LogP contribution >= 0.6 is 0 Å². The predicted molar refractivity (Wildman–Crippen MR) is 118 cm³/mol. The van der Waals surface area contributed by atoms with E-state index in [0.717, 1.165) is 18.4 Å². The molecule has 0 bridgehead atoms. The molecule has 0 saturated carbocycles. The van der Waals surface area contributed by atoms with E-state index in [1.54, 1.807) is 4.90 Å². The minimum Gasteiger partial charge on any atom is -0.494 e. The first-order chi connectivity index (χ1) is 15.0. The van der Waals surface area contributed by atoms with Crippen molar-refractivity contribution in [3.63, 3.8) is 0 Å². The predicted octanol–water partition coefficient (Wildman–Crippen LogP) is 3.86. The fourth-order valence-electron chi connectivity index (χ4n) is 4.12. The average molecular weight is 419 g/mol. The maximum Gasteiger partial charge on any atom is 0.295 e. The number of ether oxygens (including phenoxy) is 2. The number of hydrogen-bond acceptors (Lipinski definition) is 5. The molecule has 1 aliphatic heterocycles. The van der Waals surface area contributed by atoms with Crippen molar-refractivity contribution in [3.05, 3.63) is 59.4 Å². The normalized spacial score (nSPS) is 17.7. The first-order valence-corrected chi connectivity index (χ1v) is 10.2. The van der Waals surface area contributed by atoms with Crippen LogP contribution in [0.25, 0.3) is 17.0 Å². The number of methoxy groups -OCH3 is 2. The summed E-state index contributed by atoms with van der Waals surface area (Å²) >= 11 is 0. The van der Waals surface area contributed by atoms with Gasteiger partial charge < -0.3 is 19.4 Å². The van der Waals surface area contributed by atoms with Gasteiger partial charge in [-0.15, -0.1) is 0 Å². The number of benzene rings is 1. The first kappa shape index (κ1) is 20.7. The van der Waals surface area contributed by atoms with E-state index in [2.05, 4.69) is 28.2 Å². The molecule has 1 N–H and O–H groups in total. The third kappa shape index (κ3) is 3.91. The summed E-state index contributed by atoms with van der Waals surface area (Å²) < 4.78 is 10.6. The Labute approximate surface area is 180 Å². The summed E-state index contributed by atoms with van der Waals surface area (Å²) in [5, 5.41) is 0.502. The fourth-order valence-corrected chi connectivity index (χ4v) is 4.12. The van der Waals surface area contributed by atoms with E-state index in [-0.39, 0.29) is 11.6 Å². The van der Waals surface area contributed by atoms with E-state index in [1.807, 2.05) is 25.1 Å². The van der Waals surface area contributed by atoms with Gasteiger partial charge in [0.25, 0.3) is 11.7 Å². The van der Waals surface area contributed by atoms with Crippen molar-refractivity contribution in [2.45, 2.75) is 25.8 Å². The number of aromatic amines is 1. The van der Waals surface area contributed by atoms with Gasteiger partial charge in [0.2, 0.25) is 5.88 Å². The highest BCUT2D eigenvalue weighted by Gasteiger charge is 2.32. The van der Waals surface area contributed by atoms with E-state index >= 15 is 0 Å². The van der Waals surface area contributed by atoms with Gasteiger partial charge in [-0.1, -0.05) is 42.0 Å². The molecule has 7 nitrogen and oxygen atoms in total. The number of rotatable bonds is 5. The van der Waals surface area contributed by atoms with Gasteiger partial charge >= 0.3 is 0 Å². The molecule has 1 unspecified atom stereocenters. The van der Waals surface area contributed by atoms with Gasteiger partial charge in [-0.25, -0.2) is 4.98 Å². The number of aromatic nitrogens is 2. The third-order valence-corrected chi connectivity index (χ3v) is 5.69. The summed E-state index contributed by atoms with van der Waals surface area (Å²) in [4.78, 5) is 35.1. The van der Waals surface area contributed by atoms with Crippen LogP contribution in [0.1, 0.15) is 35.7 Å². The summed E-state index contributed by atoms with van der Waals surface area (Å²) in [6.07, 6.45) is 6.66. The zero-order valence-electron chi connectivity index (χ0n) is 17.8. The average Bonchev–Trinajstić information content (AvgIpc) is 3.24. The second-order valence-electron chi connectivity index (χ2n) is 7.63. The van der Waals surface area contributed by atoms with Crippen molar-refractivity contribution >= 4 is 28.7 Å². The summed E-state index contributed by atoms with van der Waals surface area (Å²) in [5.41, 5.74) is 3.21. The number of piperidine rings is 1. The Morgan fingerprint density at radius 1 is 1.19 bits per heavy atom. The largest absolute Gasteiger partial charge is 0.494 e. The molecule has 0 spiro atoms. The van der Waals surface area contributed by atoms with Gasteiger partial charge in [-0.3, -0.25) is 9.59 Å². The molecule has 160 valence electrons. The third-order valence-electron chi connectivity index (χ3n) is 5.69. The van der Waals surface area contributed by atoms with Crippen LogP contribution in [0.2, 0.25) is 0 Å². The molecule has 7 heteroatoms. The minimum absolute atomic E-state index is 0.0662. The van der Waals surface area contributed by atoms with Gasteiger partial charge in [0.1, 0.15) is 11.3 Å². The number of likely N-dealkylation sites (tertiary alicyclic amines) is 1. The van der Waals surface area contributed by atoms with Crippen molar-refractivity contribution < 1.29 is 19.1 Å². The molecule has 1 aliphatic rings. The Balaban J connectivity index is 1.57. The zero-order chi connectivity index (χ0) is 22.0. The smallest absolute Gasteiger partial charge is 0.295 e. The molecule has 31 heavy (non-hydrogen) atoms. The van der Waals surface area contributed by atoms with Crippen LogP contribution in [0.5, 0.6) is 11.6 Å². The highest BCUT2D eigenvalue weighted by atomic mass is 16.5. The van der Waals surface area contributed by atoms with Crippen LogP contribution in [0, 0.1) is 0 Å².